The number of nitrogens with zero attached hydrogens (tertiary/aromatic N) is 4. The highest BCUT2D eigenvalue weighted by atomic mass is 32.2. The zero-order valence-electron chi connectivity index (χ0n) is 15.1. The normalized spacial score (nSPS) is 10.8. The second-order valence-corrected chi connectivity index (χ2v) is 6.75. The van der Waals surface area contributed by atoms with Gasteiger partial charge in [-0.25, -0.2) is 4.98 Å². The van der Waals surface area contributed by atoms with Gasteiger partial charge < -0.3 is 9.88 Å². The predicted molar refractivity (Wildman–Crippen MR) is 104 cm³/mol. The Morgan fingerprint density at radius 3 is 2.56 bits per heavy atom. The van der Waals surface area contributed by atoms with Crippen molar-refractivity contribution >= 4 is 23.4 Å². The quantitative estimate of drug-likeness (QED) is 0.495. The lowest BCUT2D eigenvalue weighted by molar-refractivity contribution is -0.113. The van der Waals surface area contributed by atoms with Gasteiger partial charge in [-0.2, -0.15) is 4.39 Å². The van der Waals surface area contributed by atoms with Crippen molar-refractivity contribution in [2.75, 3.05) is 11.1 Å². The monoisotopic (exact) mass is 385 g/mol. The fourth-order valence-electron chi connectivity index (χ4n) is 2.55. The zero-order valence-corrected chi connectivity index (χ0v) is 16.0. The number of carbonyl (C=O) groups excluding carboxylic acids is 1. The molecule has 1 N–H and O–H groups in total. The van der Waals surface area contributed by atoms with E-state index in [1.807, 2.05) is 35.8 Å². The number of carbonyl (C=O) groups is 1. The topological polar surface area (TPSA) is 72.7 Å². The van der Waals surface area contributed by atoms with Gasteiger partial charge in [-0.15, -0.1) is 10.2 Å². The third-order valence-electron chi connectivity index (χ3n) is 4.00. The van der Waals surface area contributed by atoms with E-state index in [0.717, 1.165) is 12.1 Å². The van der Waals surface area contributed by atoms with Gasteiger partial charge in [0, 0.05) is 24.0 Å². The van der Waals surface area contributed by atoms with Gasteiger partial charge in [-0.1, -0.05) is 30.8 Å². The molecule has 3 aromatic rings. The van der Waals surface area contributed by atoms with Crippen LogP contribution in [-0.4, -0.2) is 31.4 Å². The molecule has 1 amide bonds. The van der Waals surface area contributed by atoms with Crippen LogP contribution >= 0.6 is 11.8 Å². The van der Waals surface area contributed by atoms with Crippen molar-refractivity contribution < 1.29 is 9.18 Å². The molecular weight excluding hydrogens is 365 g/mol. The van der Waals surface area contributed by atoms with Crippen LogP contribution in [-0.2, 0) is 17.8 Å². The molecule has 2 aromatic heterocycles. The summed E-state index contributed by atoms with van der Waals surface area (Å²) in [5.74, 6) is 0.164. The lowest BCUT2D eigenvalue weighted by Gasteiger charge is -2.08. The summed E-state index contributed by atoms with van der Waals surface area (Å²) in [6.07, 6.45) is 2.38. The third-order valence-corrected chi connectivity index (χ3v) is 4.96. The number of hydrogen-bond acceptors (Lipinski definition) is 5. The summed E-state index contributed by atoms with van der Waals surface area (Å²) in [5, 5.41) is 11.8. The minimum absolute atomic E-state index is 0.111. The van der Waals surface area contributed by atoms with Crippen molar-refractivity contribution in [2.45, 2.75) is 32.0 Å². The summed E-state index contributed by atoms with van der Waals surface area (Å²) in [5.41, 5.74) is 2.67. The van der Waals surface area contributed by atoms with Crippen molar-refractivity contribution in [2.24, 2.45) is 0 Å². The fraction of sp³-hybridized carbons (Fsp3) is 0.263. The van der Waals surface area contributed by atoms with E-state index in [2.05, 4.69) is 27.4 Å². The van der Waals surface area contributed by atoms with Gasteiger partial charge >= 0.3 is 0 Å². The molecule has 0 atom stereocenters. The highest BCUT2D eigenvalue weighted by Crippen LogP contribution is 2.23. The lowest BCUT2D eigenvalue weighted by Crippen LogP contribution is -2.14. The van der Waals surface area contributed by atoms with Gasteiger partial charge in [0.1, 0.15) is 0 Å². The molecule has 0 bridgehead atoms. The van der Waals surface area contributed by atoms with E-state index in [-0.39, 0.29) is 11.7 Å². The molecule has 0 unspecified atom stereocenters. The Morgan fingerprint density at radius 1 is 1.15 bits per heavy atom. The van der Waals surface area contributed by atoms with Crippen LogP contribution in [0.15, 0.2) is 47.8 Å². The lowest BCUT2D eigenvalue weighted by atomic mass is 10.1. The average molecular weight is 385 g/mol. The van der Waals surface area contributed by atoms with Crippen LogP contribution in [0.25, 0.3) is 11.4 Å². The summed E-state index contributed by atoms with van der Waals surface area (Å²) in [4.78, 5) is 15.9. The fourth-order valence-corrected chi connectivity index (χ4v) is 3.36. The van der Waals surface area contributed by atoms with E-state index in [1.165, 1.54) is 29.6 Å². The number of anilines is 1. The van der Waals surface area contributed by atoms with Gasteiger partial charge in [0.2, 0.25) is 11.9 Å². The van der Waals surface area contributed by atoms with E-state index < -0.39 is 5.95 Å². The first-order valence-electron chi connectivity index (χ1n) is 8.67. The van der Waals surface area contributed by atoms with Crippen LogP contribution in [0, 0.1) is 5.95 Å². The van der Waals surface area contributed by atoms with E-state index in [9.17, 15) is 9.18 Å². The van der Waals surface area contributed by atoms with Gasteiger partial charge in [0.15, 0.2) is 11.0 Å². The molecule has 27 heavy (non-hydrogen) atoms. The van der Waals surface area contributed by atoms with Crippen LogP contribution < -0.4 is 5.32 Å². The van der Waals surface area contributed by atoms with Gasteiger partial charge in [0.25, 0.3) is 0 Å². The van der Waals surface area contributed by atoms with Crippen LogP contribution in [0.4, 0.5) is 10.1 Å². The predicted octanol–water partition coefficient (Wildman–Crippen LogP) is 3.79. The zero-order chi connectivity index (χ0) is 19.2. The first-order valence-corrected chi connectivity index (χ1v) is 9.66. The number of thioether (sulfide) groups is 1. The van der Waals surface area contributed by atoms with Crippen LogP contribution in [0.5, 0.6) is 0 Å². The molecule has 1 aromatic carbocycles. The van der Waals surface area contributed by atoms with Crippen molar-refractivity contribution in [3.05, 3.63) is 54.1 Å². The molecule has 0 saturated carbocycles. The number of aryl methyl sites for hydroxylation is 1. The van der Waals surface area contributed by atoms with Crippen molar-refractivity contribution in [3.63, 3.8) is 0 Å². The minimum Gasteiger partial charge on any atom is -0.325 e. The molecule has 3 rings (SSSR count). The molecule has 0 fully saturated rings. The van der Waals surface area contributed by atoms with E-state index in [0.29, 0.717) is 23.1 Å². The number of hydrogen-bond donors (Lipinski definition) is 1. The van der Waals surface area contributed by atoms with Crippen molar-refractivity contribution in [1.82, 2.24) is 19.7 Å². The SMILES string of the molecule is CCc1ccc(NC(=O)CSc2nnc(-c3ccc(F)nc3)n2CC)cc1. The van der Waals surface area contributed by atoms with Gasteiger partial charge in [0.05, 0.1) is 5.75 Å². The van der Waals surface area contributed by atoms with Gasteiger partial charge in [-0.3, -0.25) is 4.79 Å². The Balaban J connectivity index is 1.65. The number of pyridine rings is 1. The summed E-state index contributed by atoms with van der Waals surface area (Å²) >= 11 is 1.31. The number of nitrogens with one attached hydrogen (secondary N) is 1. The Hall–Kier alpha value is -2.74. The van der Waals surface area contributed by atoms with Crippen LogP contribution in [0.3, 0.4) is 0 Å². The maximum absolute atomic E-state index is 13.0. The second kappa shape index (κ2) is 8.77. The van der Waals surface area contributed by atoms with E-state index >= 15 is 0 Å². The molecule has 0 aliphatic heterocycles. The number of aromatic nitrogens is 4. The summed E-state index contributed by atoms with van der Waals surface area (Å²) in [7, 11) is 0. The van der Waals surface area contributed by atoms with Gasteiger partial charge in [-0.05, 0) is 43.2 Å². The first-order chi connectivity index (χ1) is 13.1. The molecule has 6 nitrogen and oxygen atoms in total. The van der Waals surface area contributed by atoms with E-state index in [1.54, 1.807) is 6.07 Å². The molecule has 0 radical (unpaired) electrons. The molecule has 0 aliphatic rings. The summed E-state index contributed by atoms with van der Waals surface area (Å²) < 4.78 is 14.9. The Morgan fingerprint density at radius 2 is 1.93 bits per heavy atom. The number of rotatable bonds is 7. The second-order valence-electron chi connectivity index (χ2n) is 5.81. The average Bonchev–Trinajstić information content (AvgIpc) is 3.10. The highest BCUT2D eigenvalue weighted by molar-refractivity contribution is 7.99. The standard InChI is InChI=1S/C19H20FN5OS/c1-3-13-5-8-15(9-6-13)22-17(26)12-27-19-24-23-18(25(19)4-2)14-7-10-16(20)21-11-14/h5-11H,3-4,12H2,1-2H3,(H,22,26). The molecule has 140 valence electrons. The van der Waals surface area contributed by atoms with E-state index in [4.69, 9.17) is 0 Å². The highest BCUT2D eigenvalue weighted by Gasteiger charge is 2.15. The summed E-state index contributed by atoms with van der Waals surface area (Å²) in [6, 6.07) is 10.7. The molecule has 0 aliphatic carbocycles. The third kappa shape index (κ3) is 4.71. The van der Waals surface area contributed by atoms with Crippen molar-refractivity contribution in [3.8, 4) is 11.4 Å². The molecule has 0 saturated heterocycles. The Bertz CT molecular complexity index is 909. The molecular formula is C19H20FN5OS. The largest absolute Gasteiger partial charge is 0.325 e. The Labute approximate surface area is 161 Å². The first kappa shape index (κ1) is 19.0. The number of benzene rings is 1. The Kier molecular flexibility index (Phi) is 6.18. The molecule has 8 heteroatoms. The maximum atomic E-state index is 13.0. The summed E-state index contributed by atoms with van der Waals surface area (Å²) in [6.45, 7) is 4.68. The molecule has 0 spiro atoms. The number of amides is 1. The minimum atomic E-state index is -0.542. The van der Waals surface area contributed by atoms with Crippen LogP contribution in [0.2, 0.25) is 0 Å². The smallest absolute Gasteiger partial charge is 0.234 e. The van der Waals surface area contributed by atoms with Crippen LogP contribution in [0.1, 0.15) is 19.4 Å². The maximum Gasteiger partial charge on any atom is 0.234 e. The molecule has 2 heterocycles. The van der Waals surface area contributed by atoms with Crippen molar-refractivity contribution in [1.29, 1.82) is 0 Å². The number of halogens is 1.